The zero-order valence-electron chi connectivity index (χ0n) is 27.2. The van der Waals surface area contributed by atoms with Gasteiger partial charge >= 0.3 is 0 Å². The van der Waals surface area contributed by atoms with Gasteiger partial charge in [-0.3, -0.25) is 0 Å². The van der Waals surface area contributed by atoms with Gasteiger partial charge in [0.05, 0.1) is 30.9 Å². The van der Waals surface area contributed by atoms with Gasteiger partial charge in [-0.05, 0) is 61.0 Å². The molecule has 2 aromatic carbocycles. The molecule has 44 heavy (non-hydrogen) atoms. The van der Waals surface area contributed by atoms with Gasteiger partial charge in [0.25, 0.3) is 0 Å². The van der Waals surface area contributed by atoms with Crippen molar-refractivity contribution in [1.29, 1.82) is 0 Å². The topological polar surface area (TPSA) is 44.2 Å². The van der Waals surface area contributed by atoms with E-state index < -0.39 is 19.5 Å². The summed E-state index contributed by atoms with van der Waals surface area (Å²) in [5.41, 5.74) is 2.24. The van der Waals surface area contributed by atoms with Gasteiger partial charge in [-0.25, -0.2) is 9.97 Å². The quantitative estimate of drug-likeness (QED) is 0.0435. The number of hydrogen-bond donors (Lipinski definition) is 0. The molecule has 2 aromatic heterocycles. The molecule has 0 radical (unpaired) electrons. The molecule has 0 spiro atoms. The third-order valence-electron chi connectivity index (χ3n) is 8.30. The van der Waals surface area contributed by atoms with Crippen LogP contribution in [0.25, 0.3) is 20.4 Å². The Labute approximate surface area is 286 Å². The summed E-state index contributed by atoms with van der Waals surface area (Å²) < 4.78 is 15.5. The van der Waals surface area contributed by atoms with Crippen molar-refractivity contribution < 1.29 is 8.85 Å². The van der Waals surface area contributed by atoms with Gasteiger partial charge in [-0.15, -0.1) is 22.7 Å². The lowest BCUT2D eigenvalue weighted by Crippen LogP contribution is -2.13. The summed E-state index contributed by atoms with van der Waals surface area (Å²) in [6.07, 6.45) is 10.2. The van der Waals surface area contributed by atoms with Crippen LogP contribution in [0.3, 0.4) is 0 Å². The summed E-state index contributed by atoms with van der Waals surface area (Å²) in [7, 11) is 2.72. The Morgan fingerprint density at radius 1 is 0.659 bits per heavy atom. The second-order valence-corrected chi connectivity index (χ2v) is 19.4. The number of benzene rings is 2. The van der Waals surface area contributed by atoms with Gasteiger partial charge in [-0.2, -0.15) is 0 Å². The smallest absolute Gasteiger partial charge is 0.163 e. The lowest BCUT2D eigenvalue weighted by Gasteiger charge is -2.20. The van der Waals surface area contributed by atoms with E-state index in [0.717, 1.165) is 36.3 Å². The van der Waals surface area contributed by atoms with Gasteiger partial charge < -0.3 is 8.85 Å². The minimum atomic E-state index is -0.654. The number of para-hydroxylation sites is 2. The SMILES string of the molecule is CCCCC(CC)CO[SiH2]CC(SSC(C[SiH2]OCC(CC)CCCC)c1nc2ccccc2s1)c1nc2ccccc2s1. The number of unbranched alkanes of at least 4 members (excludes halogenated alkanes) is 2. The standard InChI is InChI=1S/C34H52N2O2S4Si2/c1-5-9-15-25(7-3)21-37-43-23-31(33-35-27-17-11-13-19-29(27)39-33)41-42-32(24-44-38-22-26(8-4)16-10-6-2)34-36-28-18-12-14-20-30(28)40-34/h11-14,17-20,25-26,31-32H,5-10,15-16,21-24,43-44H2,1-4H3. The highest BCUT2D eigenvalue weighted by atomic mass is 33.1. The molecule has 0 aliphatic carbocycles. The fourth-order valence-corrected chi connectivity index (χ4v) is 15.9. The molecule has 0 N–H and O–H groups in total. The van der Waals surface area contributed by atoms with Crippen molar-refractivity contribution in [2.24, 2.45) is 11.8 Å². The molecule has 0 saturated carbocycles. The molecule has 0 aliphatic rings. The molecular weight excluding hydrogens is 653 g/mol. The van der Waals surface area contributed by atoms with Crippen molar-refractivity contribution in [2.45, 2.75) is 102 Å². The highest BCUT2D eigenvalue weighted by molar-refractivity contribution is 8.76. The fraction of sp³-hybridized carbons (Fsp3) is 0.588. The zero-order valence-corrected chi connectivity index (χ0v) is 33.3. The average molecular weight is 705 g/mol. The number of aromatic nitrogens is 2. The Morgan fingerprint density at radius 3 is 1.48 bits per heavy atom. The minimum absolute atomic E-state index is 0.345. The first-order valence-electron chi connectivity index (χ1n) is 16.8. The number of fused-ring (bicyclic) bond motifs is 2. The van der Waals surface area contributed by atoms with Crippen molar-refractivity contribution >= 4 is 84.2 Å². The van der Waals surface area contributed by atoms with E-state index in [0.29, 0.717) is 22.3 Å². The first-order chi connectivity index (χ1) is 21.6. The van der Waals surface area contributed by atoms with Crippen LogP contribution in [0.2, 0.25) is 12.1 Å². The Balaban J connectivity index is 1.44. The van der Waals surface area contributed by atoms with Gasteiger partial charge in [0.2, 0.25) is 0 Å². The summed E-state index contributed by atoms with van der Waals surface area (Å²) in [6.45, 7) is 11.1. The van der Waals surface area contributed by atoms with Crippen molar-refractivity contribution in [3.8, 4) is 0 Å². The molecule has 4 atom stereocenters. The van der Waals surface area contributed by atoms with Crippen LogP contribution in [-0.2, 0) is 8.85 Å². The highest BCUT2D eigenvalue weighted by Gasteiger charge is 2.24. The molecule has 4 aromatic rings. The number of rotatable bonds is 23. The van der Waals surface area contributed by atoms with E-state index in [2.05, 4.69) is 76.2 Å². The molecule has 4 rings (SSSR count). The molecule has 4 unspecified atom stereocenters. The molecule has 0 fully saturated rings. The highest BCUT2D eigenvalue weighted by Crippen LogP contribution is 2.51. The normalized spacial score (nSPS) is 15.3. The van der Waals surface area contributed by atoms with Crippen LogP contribution in [0.15, 0.2) is 48.5 Å². The van der Waals surface area contributed by atoms with Crippen LogP contribution in [0, 0.1) is 11.8 Å². The van der Waals surface area contributed by atoms with Gasteiger partial charge in [0.1, 0.15) is 10.0 Å². The largest absolute Gasteiger partial charge is 0.424 e. The fourth-order valence-electron chi connectivity index (χ4n) is 5.29. The number of thiazole rings is 2. The van der Waals surface area contributed by atoms with Crippen LogP contribution in [0.5, 0.6) is 0 Å². The summed E-state index contributed by atoms with van der Waals surface area (Å²) in [4.78, 5) is 10.2. The lowest BCUT2D eigenvalue weighted by atomic mass is 10.0. The van der Waals surface area contributed by atoms with Crippen LogP contribution in [-0.4, -0.2) is 42.7 Å². The maximum atomic E-state index is 6.45. The summed E-state index contributed by atoms with van der Waals surface area (Å²) in [6, 6.07) is 19.4. The van der Waals surface area contributed by atoms with Crippen molar-refractivity contribution in [3.05, 3.63) is 58.5 Å². The third-order valence-corrected chi connectivity index (χ3v) is 17.6. The van der Waals surface area contributed by atoms with E-state index in [4.69, 9.17) is 18.8 Å². The molecule has 242 valence electrons. The Bertz CT molecular complexity index is 1190. The molecular formula is C34H52N2O2S4Si2. The summed E-state index contributed by atoms with van der Waals surface area (Å²) >= 11 is 3.73. The molecule has 4 nitrogen and oxygen atoms in total. The van der Waals surface area contributed by atoms with E-state index in [9.17, 15) is 0 Å². The Hall–Kier alpha value is -0.726. The number of hydrogen-bond acceptors (Lipinski definition) is 8. The van der Waals surface area contributed by atoms with E-state index in [1.807, 2.05) is 44.3 Å². The monoisotopic (exact) mass is 704 g/mol. The first-order valence-corrected chi connectivity index (χ1v) is 23.9. The Kier molecular flexibility index (Phi) is 16.8. The second-order valence-electron chi connectivity index (χ2n) is 11.8. The molecule has 0 amide bonds. The van der Waals surface area contributed by atoms with Crippen LogP contribution in [0.4, 0.5) is 0 Å². The van der Waals surface area contributed by atoms with Crippen LogP contribution in [0.1, 0.15) is 99.6 Å². The van der Waals surface area contributed by atoms with Gasteiger partial charge in [-0.1, -0.05) is 112 Å². The lowest BCUT2D eigenvalue weighted by molar-refractivity contribution is 0.242. The molecule has 0 saturated heterocycles. The average Bonchev–Trinajstić information content (AvgIpc) is 3.69. The van der Waals surface area contributed by atoms with Crippen LogP contribution < -0.4 is 0 Å². The van der Waals surface area contributed by atoms with Crippen molar-refractivity contribution in [1.82, 2.24) is 9.97 Å². The third kappa shape index (κ3) is 11.5. The molecule has 10 heteroatoms. The van der Waals surface area contributed by atoms with E-state index in [-0.39, 0.29) is 0 Å². The van der Waals surface area contributed by atoms with Gasteiger partial charge in [0.15, 0.2) is 19.5 Å². The number of nitrogens with zero attached hydrogens (tertiary/aromatic N) is 2. The van der Waals surface area contributed by atoms with Crippen LogP contribution >= 0.6 is 44.3 Å². The van der Waals surface area contributed by atoms with Crippen molar-refractivity contribution in [2.75, 3.05) is 13.2 Å². The summed E-state index contributed by atoms with van der Waals surface area (Å²) in [5, 5.41) is 3.18. The molecule has 0 aliphatic heterocycles. The second kappa shape index (κ2) is 20.5. The predicted octanol–water partition coefficient (Wildman–Crippen LogP) is 10.5. The van der Waals surface area contributed by atoms with Gasteiger partial charge in [0, 0.05) is 13.2 Å². The zero-order chi connectivity index (χ0) is 31.0. The Morgan fingerprint density at radius 2 is 1.09 bits per heavy atom. The van der Waals surface area contributed by atoms with E-state index in [1.54, 1.807) is 0 Å². The van der Waals surface area contributed by atoms with Crippen molar-refractivity contribution in [3.63, 3.8) is 0 Å². The summed E-state index contributed by atoms with van der Waals surface area (Å²) in [5.74, 6) is 1.40. The molecule has 2 heterocycles. The maximum absolute atomic E-state index is 6.45. The maximum Gasteiger partial charge on any atom is 0.163 e. The molecule has 0 bridgehead atoms. The first kappa shape index (κ1) is 36.1. The predicted molar refractivity (Wildman–Crippen MR) is 205 cm³/mol. The van der Waals surface area contributed by atoms with E-state index >= 15 is 0 Å². The minimum Gasteiger partial charge on any atom is -0.424 e. The van der Waals surface area contributed by atoms with E-state index in [1.165, 1.54) is 70.8 Å².